The predicted octanol–water partition coefficient (Wildman–Crippen LogP) is 0.374. The van der Waals surface area contributed by atoms with Crippen LogP contribution in [0, 0.1) is 5.92 Å². The first kappa shape index (κ1) is 13.0. The van der Waals surface area contributed by atoms with Gasteiger partial charge in [-0.3, -0.25) is 0 Å². The molecule has 0 saturated carbocycles. The van der Waals surface area contributed by atoms with Gasteiger partial charge in [-0.2, -0.15) is 0 Å². The molecule has 1 rings (SSSR count). The minimum Gasteiger partial charge on any atom is -0.396 e. The third-order valence-corrected chi connectivity index (χ3v) is 3.12. The van der Waals surface area contributed by atoms with Gasteiger partial charge in [0.05, 0.1) is 5.69 Å². The van der Waals surface area contributed by atoms with Crippen LogP contribution in [0.3, 0.4) is 0 Å². The van der Waals surface area contributed by atoms with Crippen LogP contribution in [0.1, 0.15) is 6.92 Å². The monoisotopic (exact) mass is 244 g/mol. The van der Waals surface area contributed by atoms with Crippen LogP contribution in [0.4, 0.5) is 5.69 Å². The highest BCUT2D eigenvalue weighted by molar-refractivity contribution is 7.89. The number of para-hydroxylation sites is 1. The molecule has 1 unspecified atom stereocenters. The summed E-state index contributed by atoms with van der Waals surface area (Å²) in [6.07, 6.45) is 0. The van der Waals surface area contributed by atoms with Crippen LogP contribution in [0.5, 0.6) is 0 Å². The number of nitrogens with two attached hydrogens (primary N) is 1. The van der Waals surface area contributed by atoms with Crippen LogP contribution < -0.4 is 10.5 Å². The highest BCUT2D eigenvalue weighted by atomic mass is 32.2. The van der Waals surface area contributed by atoms with Gasteiger partial charge in [-0.05, 0) is 18.1 Å². The van der Waals surface area contributed by atoms with E-state index < -0.39 is 10.0 Å². The zero-order valence-electron chi connectivity index (χ0n) is 9.05. The molecule has 0 aromatic heterocycles. The lowest BCUT2D eigenvalue weighted by Gasteiger charge is -2.13. The summed E-state index contributed by atoms with van der Waals surface area (Å²) in [7, 11) is -3.71. The first-order valence-electron chi connectivity index (χ1n) is 4.91. The Balaban J connectivity index is 2.88. The van der Waals surface area contributed by atoms with E-state index in [1.807, 2.05) is 6.92 Å². The fourth-order valence-corrected chi connectivity index (χ4v) is 1.92. The fraction of sp³-hybridized carbons (Fsp3) is 0.400. The van der Waals surface area contributed by atoms with Crippen LogP contribution in [-0.2, 0) is 10.0 Å². The standard InChI is InChI=1S/C10H16N2O3S/c1-8(7-13)6-12-9-4-2-3-5-10(9)16(11,14)15/h2-5,8,12-13H,6-7H2,1H3,(H2,11,14,15). The molecular formula is C10H16N2O3S. The molecule has 1 aromatic carbocycles. The lowest BCUT2D eigenvalue weighted by Crippen LogP contribution is -2.18. The molecule has 0 bridgehead atoms. The molecule has 0 amide bonds. The average Bonchev–Trinajstić information content (AvgIpc) is 2.25. The number of hydrogen-bond acceptors (Lipinski definition) is 4. The van der Waals surface area contributed by atoms with Crippen LogP contribution in [0.15, 0.2) is 29.2 Å². The van der Waals surface area contributed by atoms with Crippen molar-refractivity contribution < 1.29 is 13.5 Å². The molecule has 1 aromatic rings. The van der Waals surface area contributed by atoms with Gasteiger partial charge in [-0.1, -0.05) is 19.1 Å². The Morgan fingerprint density at radius 1 is 1.44 bits per heavy atom. The van der Waals surface area contributed by atoms with E-state index in [1.165, 1.54) is 6.07 Å². The fourth-order valence-electron chi connectivity index (χ4n) is 1.21. The van der Waals surface area contributed by atoms with Crippen molar-refractivity contribution in [3.63, 3.8) is 0 Å². The Labute approximate surface area is 95.3 Å². The number of hydrogen-bond donors (Lipinski definition) is 3. The zero-order valence-corrected chi connectivity index (χ0v) is 9.87. The molecule has 0 spiro atoms. The lowest BCUT2D eigenvalue weighted by atomic mass is 10.2. The number of rotatable bonds is 5. The van der Waals surface area contributed by atoms with E-state index in [1.54, 1.807) is 18.2 Å². The van der Waals surface area contributed by atoms with Crippen molar-refractivity contribution in [2.45, 2.75) is 11.8 Å². The molecule has 6 heteroatoms. The molecule has 1 atom stereocenters. The molecule has 0 fully saturated rings. The maximum atomic E-state index is 11.3. The van der Waals surface area contributed by atoms with Crippen molar-refractivity contribution in [2.75, 3.05) is 18.5 Å². The van der Waals surface area contributed by atoms with Crippen molar-refractivity contribution in [3.05, 3.63) is 24.3 Å². The molecular weight excluding hydrogens is 228 g/mol. The Bertz CT molecular complexity index is 445. The van der Waals surface area contributed by atoms with Gasteiger partial charge in [0.2, 0.25) is 10.0 Å². The van der Waals surface area contributed by atoms with Gasteiger partial charge in [0, 0.05) is 13.2 Å². The van der Waals surface area contributed by atoms with E-state index in [9.17, 15) is 8.42 Å². The second kappa shape index (κ2) is 5.29. The molecule has 0 aliphatic carbocycles. The van der Waals surface area contributed by atoms with Crippen molar-refractivity contribution in [1.82, 2.24) is 0 Å². The summed E-state index contributed by atoms with van der Waals surface area (Å²) >= 11 is 0. The summed E-state index contributed by atoms with van der Waals surface area (Å²) in [6, 6.07) is 6.42. The molecule has 0 aliphatic heterocycles. The SMILES string of the molecule is CC(CO)CNc1ccccc1S(N)(=O)=O. The Morgan fingerprint density at radius 3 is 2.62 bits per heavy atom. The van der Waals surface area contributed by atoms with E-state index in [0.29, 0.717) is 12.2 Å². The van der Waals surface area contributed by atoms with E-state index >= 15 is 0 Å². The molecule has 5 nitrogen and oxygen atoms in total. The zero-order chi connectivity index (χ0) is 12.2. The molecule has 0 radical (unpaired) electrons. The van der Waals surface area contributed by atoms with E-state index in [2.05, 4.69) is 5.32 Å². The summed E-state index contributed by atoms with van der Waals surface area (Å²) in [6.45, 7) is 2.39. The van der Waals surface area contributed by atoms with Gasteiger partial charge in [-0.15, -0.1) is 0 Å². The van der Waals surface area contributed by atoms with E-state index in [4.69, 9.17) is 10.2 Å². The first-order chi connectivity index (χ1) is 7.45. The van der Waals surface area contributed by atoms with Gasteiger partial charge in [0.25, 0.3) is 0 Å². The minimum atomic E-state index is -3.71. The topological polar surface area (TPSA) is 92.4 Å². The smallest absolute Gasteiger partial charge is 0.240 e. The Hall–Kier alpha value is -1.11. The Kier molecular flexibility index (Phi) is 4.28. The summed E-state index contributed by atoms with van der Waals surface area (Å²) in [5.41, 5.74) is 0.463. The maximum Gasteiger partial charge on any atom is 0.240 e. The van der Waals surface area contributed by atoms with Crippen molar-refractivity contribution in [1.29, 1.82) is 0 Å². The van der Waals surface area contributed by atoms with Crippen LogP contribution in [-0.4, -0.2) is 26.7 Å². The quantitative estimate of drug-likeness (QED) is 0.698. The lowest BCUT2D eigenvalue weighted by molar-refractivity contribution is 0.244. The number of benzene rings is 1. The number of primary sulfonamides is 1. The van der Waals surface area contributed by atoms with Crippen LogP contribution in [0.2, 0.25) is 0 Å². The largest absolute Gasteiger partial charge is 0.396 e. The van der Waals surface area contributed by atoms with Crippen molar-refractivity contribution in [2.24, 2.45) is 11.1 Å². The summed E-state index contributed by atoms with van der Waals surface area (Å²) in [5, 5.41) is 16.9. The minimum absolute atomic E-state index is 0.0462. The molecule has 16 heavy (non-hydrogen) atoms. The maximum absolute atomic E-state index is 11.3. The number of nitrogens with one attached hydrogen (secondary N) is 1. The summed E-state index contributed by atoms with van der Waals surface area (Å²) in [5.74, 6) is 0.0496. The number of sulfonamides is 1. The van der Waals surface area contributed by atoms with Crippen LogP contribution >= 0.6 is 0 Å². The first-order valence-corrected chi connectivity index (χ1v) is 6.46. The summed E-state index contributed by atoms with van der Waals surface area (Å²) < 4.78 is 22.5. The average molecular weight is 244 g/mol. The molecule has 0 saturated heterocycles. The summed E-state index contributed by atoms with van der Waals surface area (Å²) in [4.78, 5) is 0.0696. The Morgan fingerprint density at radius 2 is 2.06 bits per heavy atom. The third kappa shape index (κ3) is 3.48. The van der Waals surface area contributed by atoms with Gasteiger partial charge < -0.3 is 10.4 Å². The van der Waals surface area contributed by atoms with Gasteiger partial charge in [0.15, 0.2) is 0 Å². The highest BCUT2D eigenvalue weighted by Crippen LogP contribution is 2.19. The predicted molar refractivity (Wildman–Crippen MR) is 62.6 cm³/mol. The van der Waals surface area contributed by atoms with E-state index in [-0.39, 0.29) is 17.4 Å². The van der Waals surface area contributed by atoms with Gasteiger partial charge in [0.1, 0.15) is 4.90 Å². The van der Waals surface area contributed by atoms with Crippen molar-refractivity contribution in [3.8, 4) is 0 Å². The van der Waals surface area contributed by atoms with Gasteiger partial charge >= 0.3 is 0 Å². The second-order valence-corrected chi connectivity index (χ2v) is 5.24. The van der Waals surface area contributed by atoms with E-state index in [0.717, 1.165) is 0 Å². The molecule has 0 heterocycles. The number of aliphatic hydroxyl groups excluding tert-OH is 1. The number of anilines is 1. The highest BCUT2D eigenvalue weighted by Gasteiger charge is 2.13. The second-order valence-electron chi connectivity index (χ2n) is 3.71. The molecule has 0 aliphatic rings. The normalized spacial score (nSPS) is 13.4. The van der Waals surface area contributed by atoms with Crippen molar-refractivity contribution >= 4 is 15.7 Å². The number of aliphatic hydroxyl groups is 1. The van der Waals surface area contributed by atoms with Gasteiger partial charge in [-0.25, -0.2) is 13.6 Å². The third-order valence-electron chi connectivity index (χ3n) is 2.15. The van der Waals surface area contributed by atoms with Crippen LogP contribution in [0.25, 0.3) is 0 Å². The molecule has 90 valence electrons. The molecule has 4 N–H and O–H groups in total.